The monoisotopic (exact) mass is 254 g/mol. The van der Waals surface area contributed by atoms with Gasteiger partial charge in [-0.25, -0.2) is 0 Å². The highest BCUT2D eigenvalue weighted by atomic mass is 32.3. The van der Waals surface area contributed by atoms with Crippen LogP contribution in [0.4, 0.5) is 0 Å². The maximum absolute atomic E-state index is 8.74. The lowest BCUT2D eigenvalue weighted by Crippen LogP contribution is -1.89. The predicted octanol–water partition coefficient (Wildman–Crippen LogP) is 3.88. The highest BCUT2D eigenvalue weighted by molar-refractivity contribution is 7.79. The van der Waals surface area contributed by atoms with Gasteiger partial charge in [-0.2, -0.15) is 8.42 Å². The first-order valence-electron chi connectivity index (χ1n) is 6.11. The Bertz CT molecular complexity index is 196. The molecule has 0 radical (unpaired) electrons. The molecule has 0 aromatic rings. The van der Waals surface area contributed by atoms with E-state index in [1.165, 1.54) is 57.8 Å². The van der Waals surface area contributed by atoms with Crippen molar-refractivity contribution in [2.45, 2.75) is 71.6 Å². The Morgan fingerprint density at radius 2 is 0.875 bits per heavy atom. The fourth-order valence-electron chi connectivity index (χ4n) is 1.38. The van der Waals surface area contributed by atoms with Crippen molar-refractivity contribution in [2.75, 3.05) is 0 Å². The summed E-state index contributed by atoms with van der Waals surface area (Å²) in [7, 11) is -4.67. The first-order chi connectivity index (χ1) is 7.41. The molecule has 100 valence electrons. The van der Waals surface area contributed by atoms with E-state index in [2.05, 4.69) is 13.8 Å². The minimum Gasteiger partial charge on any atom is -0.264 e. The third-order valence-corrected chi connectivity index (χ3v) is 2.21. The highest BCUT2D eigenvalue weighted by Crippen LogP contribution is 2.08. The molecule has 0 aliphatic rings. The number of hydrogen-bond acceptors (Lipinski definition) is 2. The summed E-state index contributed by atoms with van der Waals surface area (Å²) in [5.41, 5.74) is 0. The van der Waals surface area contributed by atoms with Crippen LogP contribution in [0.2, 0.25) is 0 Å². The average molecular weight is 254 g/mol. The second-order valence-electron chi connectivity index (χ2n) is 3.92. The van der Waals surface area contributed by atoms with Crippen LogP contribution in [0.15, 0.2) is 0 Å². The third-order valence-electron chi connectivity index (χ3n) is 2.21. The van der Waals surface area contributed by atoms with Crippen LogP contribution >= 0.6 is 0 Å². The molecular weight excluding hydrogens is 228 g/mol. The molecule has 0 atom stereocenters. The molecule has 0 saturated carbocycles. The minimum absolute atomic E-state index is 1.37. The van der Waals surface area contributed by atoms with Crippen molar-refractivity contribution in [2.24, 2.45) is 0 Å². The van der Waals surface area contributed by atoms with Crippen molar-refractivity contribution in [3.8, 4) is 0 Å². The smallest absolute Gasteiger partial charge is 0.264 e. The van der Waals surface area contributed by atoms with Gasteiger partial charge in [-0.15, -0.1) is 0 Å². The van der Waals surface area contributed by atoms with Crippen LogP contribution in [-0.2, 0) is 10.4 Å². The van der Waals surface area contributed by atoms with Crippen LogP contribution in [0, 0.1) is 0 Å². The van der Waals surface area contributed by atoms with Gasteiger partial charge in [0.2, 0.25) is 0 Å². The van der Waals surface area contributed by atoms with E-state index in [1.807, 2.05) is 0 Å². The Balaban J connectivity index is 0. The molecule has 0 saturated heterocycles. The van der Waals surface area contributed by atoms with Crippen LogP contribution in [0.1, 0.15) is 71.6 Å². The number of rotatable bonds is 8. The Hall–Kier alpha value is -0.130. The maximum atomic E-state index is 8.74. The molecular formula is C11H26O4S. The summed E-state index contributed by atoms with van der Waals surface area (Å²) in [5, 5.41) is 0. The normalized spacial score (nSPS) is 10.8. The van der Waals surface area contributed by atoms with E-state index in [0.717, 1.165) is 0 Å². The quantitative estimate of drug-likeness (QED) is 0.509. The lowest BCUT2D eigenvalue weighted by Gasteiger charge is -1.98. The summed E-state index contributed by atoms with van der Waals surface area (Å²) < 4.78 is 31.6. The molecule has 16 heavy (non-hydrogen) atoms. The summed E-state index contributed by atoms with van der Waals surface area (Å²) in [6, 6.07) is 0. The predicted molar refractivity (Wildman–Crippen MR) is 67.1 cm³/mol. The van der Waals surface area contributed by atoms with E-state index < -0.39 is 10.4 Å². The molecule has 0 aromatic heterocycles. The van der Waals surface area contributed by atoms with Gasteiger partial charge < -0.3 is 0 Å². The molecule has 5 heteroatoms. The molecule has 0 amide bonds. The largest absolute Gasteiger partial charge is 0.394 e. The SMILES string of the molecule is CCCCCCCCCCC.O=S(=O)(O)O. The standard InChI is InChI=1S/C11H24.H2O4S/c1-3-5-7-9-11-10-8-6-4-2;1-5(2,3)4/h3-11H2,1-2H3;(H2,1,2,3,4). The van der Waals surface area contributed by atoms with Gasteiger partial charge in [-0.1, -0.05) is 71.6 Å². The molecule has 0 aliphatic heterocycles. The summed E-state index contributed by atoms with van der Waals surface area (Å²) in [6.07, 6.45) is 13.0. The highest BCUT2D eigenvalue weighted by Gasteiger charge is 1.89. The molecule has 0 spiro atoms. The Kier molecular flexibility index (Phi) is 14.7. The van der Waals surface area contributed by atoms with Gasteiger partial charge in [0.1, 0.15) is 0 Å². The first-order valence-corrected chi connectivity index (χ1v) is 7.51. The van der Waals surface area contributed by atoms with Crippen LogP contribution in [-0.4, -0.2) is 17.5 Å². The molecule has 0 rings (SSSR count). The van der Waals surface area contributed by atoms with E-state index >= 15 is 0 Å². The second-order valence-corrected chi connectivity index (χ2v) is 4.82. The van der Waals surface area contributed by atoms with Crippen molar-refractivity contribution in [3.63, 3.8) is 0 Å². The van der Waals surface area contributed by atoms with Gasteiger partial charge in [0.25, 0.3) is 0 Å². The van der Waals surface area contributed by atoms with Crippen LogP contribution in [0.25, 0.3) is 0 Å². The van der Waals surface area contributed by atoms with E-state index in [1.54, 1.807) is 0 Å². The van der Waals surface area contributed by atoms with E-state index in [-0.39, 0.29) is 0 Å². The van der Waals surface area contributed by atoms with Gasteiger partial charge in [0.15, 0.2) is 0 Å². The summed E-state index contributed by atoms with van der Waals surface area (Å²) in [4.78, 5) is 0. The Morgan fingerprint density at radius 3 is 1.06 bits per heavy atom. The van der Waals surface area contributed by atoms with Gasteiger partial charge in [0.05, 0.1) is 0 Å². The van der Waals surface area contributed by atoms with Crippen LogP contribution in [0.5, 0.6) is 0 Å². The Morgan fingerprint density at radius 1 is 0.688 bits per heavy atom. The fraction of sp³-hybridized carbons (Fsp3) is 1.00. The zero-order valence-corrected chi connectivity index (χ0v) is 11.3. The topological polar surface area (TPSA) is 74.6 Å². The molecule has 0 bridgehead atoms. The van der Waals surface area contributed by atoms with Gasteiger partial charge >= 0.3 is 10.4 Å². The molecule has 0 fully saturated rings. The summed E-state index contributed by atoms with van der Waals surface area (Å²) in [5.74, 6) is 0. The van der Waals surface area contributed by atoms with E-state index in [0.29, 0.717) is 0 Å². The van der Waals surface area contributed by atoms with Crippen LogP contribution < -0.4 is 0 Å². The second kappa shape index (κ2) is 12.9. The number of hydrogen-bond donors (Lipinski definition) is 2. The van der Waals surface area contributed by atoms with E-state index in [9.17, 15) is 0 Å². The summed E-state index contributed by atoms with van der Waals surface area (Å²) >= 11 is 0. The van der Waals surface area contributed by atoms with Gasteiger partial charge in [0, 0.05) is 0 Å². The minimum atomic E-state index is -4.67. The van der Waals surface area contributed by atoms with Crippen molar-refractivity contribution in [3.05, 3.63) is 0 Å². The van der Waals surface area contributed by atoms with Gasteiger partial charge in [-0.05, 0) is 0 Å². The zero-order chi connectivity index (χ0) is 12.9. The third kappa shape index (κ3) is 37.1. The lowest BCUT2D eigenvalue weighted by molar-refractivity contribution is 0.381. The van der Waals surface area contributed by atoms with Crippen molar-refractivity contribution in [1.29, 1.82) is 0 Å². The van der Waals surface area contributed by atoms with E-state index in [4.69, 9.17) is 17.5 Å². The number of unbranched alkanes of at least 4 members (excludes halogenated alkanes) is 8. The Labute approximate surface area is 100 Å². The molecule has 0 aromatic carbocycles. The molecule has 0 heterocycles. The van der Waals surface area contributed by atoms with Crippen LogP contribution in [0.3, 0.4) is 0 Å². The average Bonchev–Trinajstić information content (AvgIpc) is 2.14. The maximum Gasteiger partial charge on any atom is 0.394 e. The molecule has 0 aliphatic carbocycles. The molecule has 2 N–H and O–H groups in total. The van der Waals surface area contributed by atoms with Gasteiger partial charge in [-0.3, -0.25) is 9.11 Å². The first kappa shape index (κ1) is 18.2. The summed E-state index contributed by atoms with van der Waals surface area (Å²) in [6.45, 7) is 4.55. The fourth-order valence-corrected chi connectivity index (χ4v) is 1.38. The molecule has 0 unspecified atom stereocenters. The lowest BCUT2D eigenvalue weighted by atomic mass is 10.1. The van der Waals surface area contributed by atoms with Crippen molar-refractivity contribution in [1.82, 2.24) is 0 Å². The molecule has 4 nitrogen and oxygen atoms in total. The van der Waals surface area contributed by atoms with Crippen molar-refractivity contribution >= 4 is 10.4 Å². The van der Waals surface area contributed by atoms with Crippen molar-refractivity contribution < 1.29 is 17.5 Å². The zero-order valence-electron chi connectivity index (χ0n) is 10.5.